The number of amides is 1. The summed E-state index contributed by atoms with van der Waals surface area (Å²) in [6.45, 7) is 3.73. The van der Waals surface area contributed by atoms with Crippen LogP contribution in [0.3, 0.4) is 0 Å². The molecule has 4 nitrogen and oxygen atoms in total. The van der Waals surface area contributed by atoms with Gasteiger partial charge in [0.15, 0.2) is 0 Å². The smallest absolute Gasteiger partial charge is 0.255 e. The normalized spacial score (nSPS) is 11.9. The van der Waals surface area contributed by atoms with Gasteiger partial charge in [0.1, 0.15) is 3.79 Å². The number of carbonyl (C=O) groups excluding carboxylic acids is 1. The van der Waals surface area contributed by atoms with E-state index < -0.39 is 0 Å². The maximum absolute atomic E-state index is 11.9. The minimum absolute atomic E-state index is 0.0938. The van der Waals surface area contributed by atoms with Gasteiger partial charge in [0, 0.05) is 6.04 Å². The van der Waals surface area contributed by atoms with Gasteiger partial charge in [-0.3, -0.25) is 4.79 Å². The minimum atomic E-state index is -0.166. The van der Waals surface area contributed by atoms with Crippen molar-refractivity contribution in [3.05, 3.63) is 15.0 Å². The zero-order valence-corrected chi connectivity index (χ0v) is 11.5. The lowest BCUT2D eigenvalue weighted by molar-refractivity contribution is 0.0935. The van der Waals surface area contributed by atoms with Gasteiger partial charge in [-0.2, -0.15) is 9.64 Å². The number of nitrogens with zero attached hydrogens (tertiary/aromatic N) is 2. The van der Waals surface area contributed by atoms with E-state index in [-0.39, 0.29) is 11.9 Å². The van der Waals surface area contributed by atoms with Gasteiger partial charge >= 0.3 is 0 Å². The van der Waals surface area contributed by atoms with Gasteiger partial charge in [-0.25, -0.2) is 0 Å². The summed E-state index contributed by atoms with van der Waals surface area (Å²) in [6.07, 6.45) is 1.07. The van der Waals surface area contributed by atoms with Gasteiger partial charge in [-0.1, -0.05) is 6.92 Å². The summed E-state index contributed by atoms with van der Waals surface area (Å²) in [6, 6.07) is 1.97. The molecule has 1 amide bonds. The molecule has 1 heterocycles. The molecule has 1 rings (SSSR count). The quantitative estimate of drug-likeness (QED) is 0.929. The third-order valence-corrected chi connectivity index (χ3v) is 3.77. The summed E-state index contributed by atoms with van der Waals surface area (Å²) < 4.78 is 4.82. The lowest BCUT2D eigenvalue weighted by Crippen LogP contribution is -2.34. The van der Waals surface area contributed by atoms with Crippen LogP contribution in [-0.2, 0) is 0 Å². The Bertz CT molecular complexity index is 405. The molecule has 0 saturated carbocycles. The van der Waals surface area contributed by atoms with Crippen LogP contribution in [0.25, 0.3) is 0 Å². The predicted octanol–water partition coefficient (Wildman–Crippen LogP) is 2.64. The molecule has 1 aromatic rings. The van der Waals surface area contributed by atoms with Crippen molar-refractivity contribution in [2.75, 3.05) is 0 Å². The number of nitrogens with one attached hydrogen (secondary N) is 1. The summed E-state index contributed by atoms with van der Waals surface area (Å²) in [5, 5.41) is 11.4. The predicted molar refractivity (Wildman–Crippen MR) is 66.3 cm³/mol. The van der Waals surface area contributed by atoms with E-state index in [1.54, 1.807) is 6.92 Å². The fourth-order valence-electron chi connectivity index (χ4n) is 1.26. The lowest BCUT2D eigenvalue weighted by atomic mass is 10.1. The van der Waals surface area contributed by atoms with Gasteiger partial charge in [-0.05, 0) is 40.8 Å². The van der Waals surface area contributed by atoms with E-state index >= 15 is 0 Å². The Morgan fingerprint density at radius 2 is 2.44 bits per heavy atom. The largest absolute Gasteiger partial charge is 0.348 e. The first-order chi connectivity index (χ1) is 7.60. The molecule has 0 aliphatic rings. The van der Waals surface area contributed by atoms with Gasteiger partial charge in [0.25, 0.3) is 5.91 Å². The molecular weight excluding hydrogens is 290 g/mol. The fourth-order valence-corrected chi connectivity index (χ4v) is 2.59. The molecule has 1 N–H and O–H groups in total. The Labute approximate surface area is 107 Å². The molecule has 1 atom stereocenters. The number of nitriles is 1. The van der Waals surface area contributed by atoms with E-state index in [9.17, 15) is 4.79 Å². The lowest BCUT2D eigenvalue weighted by Gasteiger charge is -2.13. The van der Waals surface area contributed by atoms with E-state index in [1.165, 1.54) is 11.5 Å². The Morgan fingerprint density at radius 3 is 2.88 bits per heavy atom. The number of halogens is 1. The summed E-state index contributed by atoms with van der Waals surface area (Å²) in [4.78, 5) is 11.9. The van der Waals surface area contributed by atoms with Gasteiger partial charge < -0.3 is 5.32 Å². The maximum Gasteiger partial charge on any atom is 0.255 e. The monoisotopic (exact) mass is 301 g/mol. The minimum Gasteiger partial charge on any atom is -0.348 e. The van der Waals surface area contributed by atoms with Crippen LogP contribution in [0, 0.1) is 18.3 Å². The van der Waals surface area contributed by atoms with Crippen LogP contribution >= 0.6 is 27.5 Å². The third kappa shape index (κ3) is 3.03. The molecule has 1 unspecified atom stereocenters. The molecule has 86 valence electrons. The molecule has 0 aromatic carbocycles. The molecule has 0 bridgehead atoms. The van der Waals surface area contributed by atoms with Crippen LogP contribution in [0.15, 0.2) is 3.79 Å². The standard InChI is InChI=1S/C10H12BrN3OS/c1-3-7(4-5-12)13-10(15)8-6(2)14-16-9(8)11/h7H,3-4H2,1-2H3,(H,13,15). The van der Waals surface area contributed by atoms with E-state index in [1.807, 2.05) is 6.92 Å². The Balaban J connectivity index is 2.76. The second-order valence-electron chi connectivity index (χ2n) is 3.36. The number of hydrogen-bond donors (Lipinski definition) is 1. The molecule has 6 heteroatoms. The van der Waals surface area contributed by atoms with Crippen LogP contribution in [0.5, 0.6) is 0 Å². The Kier molecular flexibility index (Phi) is 4.90. The summed E-state index contributed by atoms with van der Waals surface area (Å²) in [5.74, 6) is -0.166. The number of carbonyl (C=O) groups is 1. The second kappa shape index (κ2) is 5.97. The van der Waals surface area contributed by atoms with Crippen LogP contribution in [0.2, 0.25) is 0 Å². The topological polar surface area (TPSA) is 65.8 Å². The average molecular weight is 302 g/mol. The van der Waals surface area contributed by atoms with Crippen molar-refractivity contribution >= 4 is 33.4 Å². The highest BCUT2D eigenvalue weighted by atomic mass is 79.9. The van der Waals surface area contributed by atoms with Crippen LogP contribution in [-0.4, -0.2) is 16.3 Å². The fraction of sp³-hybridized carbons (Fsp3) is 0.500. The first kappa shape index (κ1) is 13.1. The molecule has 0 radical (unpaired) electrons. The summed E-state index contributed by atoms with van der Waals surface area (Å²) in [7, 11) is 0. The van der Waals surface area contributed by atoms with E-state index in [4.69, 9.17) is 5.26 Å². The van der Waals surface area contributed by atoms with E-state index in [0.29, 0.717) is 17.7 Å². The highest BCUT2D eigenvalue weighted by Crippen LogP contribution is 2.24. The van der Waals surface area contributed by atoms with Crippen molar-refractivity contribution in [2.24, 2.45) is 0 Å². The molecule has 1 aromatic heterocycles. The summed E-state index contributed by atoms with van der Waals surface area (Å²) >= 11 is 4.55. The highest BCUT2D eigenvalue weighted by Gasteiger charge is 2.19. The van der Waals surface area contributed by atoms with E-state index in [0.717, 1.165) is 10.2 Å². The average Bonchev–Trinajstić information content (AvgIpc) is 2.57. The molecule has 0 spiro atoms. The van der Waals surface area contributed by atoms with Crippen molar-refractivity contribution in [1.82, 2.24) is 9.69 Å². The van der Waals surface area contributed by atoms with Crippen molar-refractivity contribution in [3.8, 4) is 6.07 Å². The zero-order valence-electron chi connectivity index (χ0n) is 9.08. The van der Waals surface area contributed by atoms with Crippen LogP contribution in [0.4, 0.5) is 0 Å². The molecule has 0 fully saturated rings. The highest BCUT2D eigenvalue weighted by molar-refractivity contribution is 9.11. The number of aromatic nitrogens is 1. The molecule has 0 aliphatic heterocycles. The molecule has 0 aliphatic carbocycles. The maximum atomic E-state index is 11.9. The number of rotatable bonds is 4. The van der Waals surface area contributed by atoms with Crippen molar-refractivity contribution in [1.29, 1.82) is 5.26 Å². The van der Waals surface area contributed by atoms with Crippen molar-refractivity contribution in [3.63, 3.8) is 0 Å². The molecule has 0 saturated heterocycles. The molecular formula is C10H12BrN3OS. The molecule has 16 heavy (non-hydrogen) atoms. The van der Waals surface area contributed by atoms with Crippen molar-refractivity contribution < 1.29 is 4.79 Å². The van der Waals surface area contributed by atoms with Crippen molar-refractivity contribution in [2.45, 2.75) is 32.7 Å². The zero-order chi connectivity index (χ0) is 12.1. The summed E-state index contributed by atoms with van der Waals surface area (Å²) in [5.41, 5.74) is 1.28. The first-order valence-electron chi connectivity index (χ1n) is 4.89. The van der Waals surface area contributed by atoms with Gasteiger partial charge in [-0.15, -0.1) is 0 Å². The first-order valence-corrected chi connectivity index (χ1v) is 6.46. The second-order valence-corrected chi connectivity index (χ2v) is 5.45. The Hall–Kier alpha value is -0.930. The van der Waals surface area contributed by atoms with Crippen LogP contribution in [0.1, 0.15) is 35.8 Å². The number of hydrogen-bond acceptors (Lipinski definition) is 4. The Morgan fingerprint density at radius 1 is 1.75 bits per heavy atom. The van der Waals surface area contributed by atoms with E-state index in [2.05, 4.69) is 31.7 Å². The van der Waals surface area contributed by atoms with Gasteiger partial charge in [0.2, 0.25) is 0 Å². The van der Waals surface area contributed by atoms with Crippen LogP contribution < -0.4 is 5.32 Å². The third-order valence-electron chi connectivity index (χ3n) is 2.21. The van der Waals surface area contributed by atoms with Gasteiger partial charge in [0.05, 0.1) is 23.7 Å². The number of aryl methyl sites for hydroxylation is 1. The SMILES string of the molecule is CCC(CC#N)NC(=O)c1c(C)nsc1Br.